The number of hydrogen-bond acceptors (Lipinski definition) is 5. The first-order valence-electron chi connectivity index (χ1n) is 10.2. The zero-order valence-corrected chi connectivity index (χ0v) is 16.8. The molecule has 2 aromatic carbocycles. The van der Waals surface area contributed by atoms with Gasteiger partial charge in [-0.25, -0.2) is 0 Å². The molecule has 150 valence electrons. The predicted octanol–water partition coefficient (Wildman–Crippen LogP) is 5.07. The van der Waals surface area contributed by atoms with Gasteiger partial charge in [0, 0.05) is 36.0 Å². The van der Waals surface area contributed by atoms with Crippen LogP contribution in [0.25, 0.3) is 0 Å². The number of ether oxygens (including phenoxy) is 1. The molecule has 3 aromatic rings. The summed E-state index contributed by atoms with van der Waals surface area (Å²) >= 11 is 0. The normalized spacial score (nSPS) is 20.4. The topological polar surface area (TPSA) is 63.2 Å². The fraction of sp³-hybridized carbons (Fsp3) is 0.200. The highest BCUT2D eigenvalue weighted by atomic mass is 16.5. The highest BCUT2D eigenvalue weighted by Gasteiger charge is 2.36. The fourth-order valence-electron chi connectivity index (χ4n) is 4.52. The monoisotopic (exact) mass is 397 g/mol. The van der Waals surface area contributed by atoms with Crippen molar-refractivity contribution < 1.29 is 9.53 Å². The van der Waals surface area contributed by atoms with Gasteiger partial charge in [-0.3, -0.25) is 9.78 Å². The van der Waals surface area contributed by atoms with Crippen LogP contribution < -0.4 is 15.4 Å². The molecule has 2 heterocycles. The molecule has 1 aliphatic heterocycles. The zero-order valence-electron chi connectivity index (χ0n) is 16.8. The highest BCUT2D eigenvalue weighted by Crippen LogP contribution is 2.45. The van der Waals surface area contributed by atoms with Crippen LogP contribution in [0.4, 0.5) is 11.4 Å². The van der Waals surface area contributed by atoms with Crippen LogP contribution in [-0.2, 0) is 4.79 Å². The van der Waals surface area contributed by atoms with Gasteiger partial charge in [0.15, 0.2) is 5.78 Å². The van der Waals surface area contributed by atoms with Crippen LogP contribution in [0.15, 0.2) is 84.3 Å². The second-order valence-electron chi connectivity index (χ2n) is 7.69. The maximum Gasteiger partial charge on any atom is 0.163 e. The minimum Gasteiger partial charge on any atom is -0.496 e. The number of carbonyl (C=O) groups is 1. The van der Waals surface area contributed by atoms with Crippen molar-refractivity contribution in [3.8, 4) is 5.75 Å². The van der Waals surface area contributed by atoms with Crippen LogP contribution in [0.3, 0.4) is 0 Å². The van der Waals surface area contributed by atoms with Crippen LogP contribution in [0.1, 0.15) is 35.9 Å². The van der Waals surface area contributed by atoms with Crippen molar-refractivity contribution in [2.75, 3.05) is 17.7 Å². The van der Waals surface area contributed by atoms with E-state index in [1.54, 1.807) is 19.5 Å². The molecule has 30 heavy (non-hydrogen) atoms. The number of ketones is 1. The number of carbonyl (C=O) groups excluding carboxylic acids is 1. The average Bonchev–Trinajstić information content (AvgIpc) is 2.96. The van der Waals surface area contributed by atoms with Gasteiger partial charge in [0.2, 0.25) is 0 Å². The third-order valence-electron chi connectivity index (χ3n) is 5.93. The van der Waals surface area contributed by atoms with Gasteiger partial charge in [-0.05, 0) is 47.9 Å². The zero-order chi connectivity index (χ0) is 20.5. The summed E-state index contributed by atoms with van der Waals surface area (Å²) in [5.41, 5.74) is 5.85. The summed E-state index contributed by atoms with van der Waals surface area (Å²) in [5.74, 6) is 1.06. The van der Waals surface area contributed by atoms with E-state index in [2.05, 4.69) is 21.7 Å². The number of pyridine rings is 1. The van der Waals surface area contributed by atoms with E-state index in [4.69, 9.17) is 4.74 Å². The lowest BCUT2D eigenvalue weighted by atomic mass is 9.78. The van der Waals surface area contributed by atoms with Gasteiger partial charge in [-0.1, -0.05) is 30.3 Å². The Kier molecular flexibility index (Phi) is 4.71. The highest BCUT2D eigenvalue weighted by molar-refractivity contribution is 6.01. The van der Waals surface area contributed by atoms with E-state index < -0.39 is 0 Å². The van der Waals surface area contributed by atoms with Crippen LogP contribution in [0.2, 0.25) is 0 Å². The van der Waals surface area contributed by atoms with E-state index in [9.17, 15) is 4.79 Å². The van der Waals surface area contributed by atoms with E-state index in [-0.39, 0.29) is 17.7 Å². The van der Waals surface area contributed by atoms with E-state index in [1.165, 1.54) is 0 Å². The Morgan fingerprint density at radius 2 is 1.67 bits per heavy atom. The third kappa shape index (κ3) is 3.22. The van der Waals surface area contributed by atoms with E-state index in [1.807, 2.05) is 54.6 Å². The van der Waals surface area contributed by atoms with Crippen molar-refractivity contribution >= 4 is 17.2 Å². The summed E-state index contributed by atoms with van der Waals surface area (Å²) in [6.07, 6.45) is 4.75. The fourth-order valence-corrected chi connectivity index (χ4v) is 4.52. The number of benzene rings is 2. The first kappa shape index (κ1) is 18.4. The van der Waals surface area contributed by atoms with Gasteiger partial charge in [0.25, 0.3) is 0 Å². The number of aromatic nitrogens is 1. The molecule has 2 unspecified atom stereocenters. The second kappa shape index (κ2) is 7.67. The molecule has 0 saturated heterocycles. The van der Waals surface area contributed by atoms with Gasteiger partial charge < -0.3 is 15.4 Å². The number of anilines is 2. The summed E-state index contributed by atoms with van der Waals surface area (Å²) in [4.78, 5) is 17.6. The minimum absolute atomic E-state index is 0.0725. The van der Waals surface area contributed by atoms with Gasteiger partial charge >= 0.3 is 0 Å². The lowest BCUT2D eigenvalue weighted by molar-refractivity contribution is -0.116. The Morgan fingerprint density at radius 1 is 0.933 bits per heavy atom. The van der Waals surface area contributed by atoms with Crippen molar-refractivity contribution in [1.82, 2.24) is 4.98 Å². The largest absolute Gasteiger partial charge is 0.496 e. The lowest BCUT2D eigenvalue weighted by Crippen LogP contribution is -2.27. The van der Waals surface area contributed by atoms with E-state index in [0.29, 0.717) is 6.42 Å². The molecule has 5 nitrogen and oxygen atoms in total. The smallest absolute Gasteiger partial charge is 0.163 e. The molecule has 2 atom stereocenters. The number of nitrogens with one attached hydrogen (secondary N) is 2. The molecular weight excluding hydrogens is 374 g/mol. The number of para-hydroxylation sites is 3. The number of allylic oxidation sites excluding steroid dienone is 1. The maximum atomic E-state index is 13.5. The van der Waals surface area contributed by atoms with Crippen LogP contribution in [0.5, 0.6) is 5.75 Å². The van der Waals surface area contributed by atoms with Gasteiger partial charge in [0.05, 0.1) is 24.5 Å². The molecule has 2 aliphatic rings. The molecular formula is C25H23N3O2. The summed E-state index contributed by atoms with van der Waals surface area (Å²) in [6.45, 7) is 0. The Balaban J connectivity index is 1.61. The summed E-state index contributed by atoms with van der Waals surface area (Å²) in [7, 11) is 1.68. The Morgan fingerprint density at radius 3 is 2.47 bits per heavy atom. The number of Topliss-reactive ketones (excluding diaryl/α,β-unsaturated/α-hetero) is 1. The van der Waals surface area contributed by atoms with Gasteiger partial charge in [0.1, 0.15) is 5.75 Å². The SMILES string of the molecule is COc1ccccc1C1CC(=O)C2=C(C1)Nc1ccccc1NC2c1ccncc1. The van der Waals surface area contributed by atoms with Crippen molar-refractivity contribution in [2.45, 2.75) is 24.8 Å². The molecule has 0 amide bonds. The number of methoxy groups -OCH3 is 1. The molecule has 0 bridgehead atoms. The number of fused-ring (bicyclic) bond motifs is 1. The molecule has 0 spiro atoms. The van der Waals surface area contributed by atoms with E-state index >= 15 is 0 Å². The lowest BCUT2D eigenvalue weighted by Gasteiger charge is -2.30. The van der Waals surface area contributed by atoms with Crippen molar-refractivity contribution in [3.63, 3.8) is 0 Å². The van der Waals surface area contributed by atoms with Crippen LogP contribution >= 0.6 is 0 Å². The Bertz CT molecular complexity index is 1120. The summed E-state index contributed by atoms with van der Waals surface area (Å²) in [5, 5.41) is 7.16. The van der Waals surface area contributed by atoms with Crippen molar-refractivity contribution in [1.29, 1.82) is 0 Å². The third-order valence-corrected chi connectivity index (χ3v) is 5.93. The molecule has 0 fully saturated rings. The summed E-state index contributed by atoms with van der Waals surface area (Å²) < 4.78 is 5.57. The molecule has 0 radical (unpaired) electrons. The van der Waals surface area contributed by atoms with Crippen LogP contribution in [-0.4, -0.2) is 17.9 Å². The maximum absolute atomic E-state index is 13.5. The van der Waals surface area contributed by atoms with Crippen molar-refractivity contribution in [3.05, 3.63) is 95.5 Å². The number of rotatable bonds is 3. The molecule has 1 aromatic heterocycles. The minimum atomic E-state index is -0.217. The first-order chi connectivity index (χ1) is 14.7. The molecule has 5 heteroatoms. The van der Waals surface area contributed by atoms with Crippen LogP contribution in [0, 0.1) is 0 Å². The predicted molar refractivity (Wildman–Crippen MR) is 118 cm³/mol. The second-order valence-corrected chi connectivity index (χ2v) is 7.69. The number of nitrogens with zero attached hydrogens (tertiary/aromatic N) is 1. The van der Waals surface area contributed by atoms with E-state index in [0.717, 1.165) is 45.9 Å². The molecule has 1 aliphatic carbocycles. The van der Waals surface area contributed by atoms with Crippen molar-refractivity contribution in [2.24, 2.45) is 0 Å². The molecule has 0 saturated carbocycles. The molecule has 2 N–H and O–H groups in total. The quantitative estimate of drug-likeness (QED) is 0.646. The first-order valence-corrected chi connectivity index (χ1v) is 10.2. The van der Waals surface area contributed by atoms with Gasteiger partial charge in [-0.15, -0.1) is 0 Å². The van der Waals surface area contributed by atoms with Gasteiger partial charge in [-0.2, -0.15) is 0 Å². The summed E-state index contributed by atoms with van der Waals surface area (Å²) in [6, 6.07) is 19.8. The Labute approximate surface area is 175 Å². The average molecular weight is 397 g/mol. The Hall–Kier alpha value is -3.60. The molecule has 5 rings (SSSR count). The standard InChI is InChI=1S/C25H23N3O2/c1-30-23-9-5-2-6-18(23)17-14-21-24(22(29)15-17)25(16-10-12-26-13-11-16)28-20-8-4-3-7-19(20)27-21/h2-13,17,25,27-28H,14-15H2,1H3. The number of hydrogen-bond donors (Lipinski definition) is 2.